The number of aromatic nitrogens is 1. The molecular formula is C21H22ClN3O2. The van der Waals surface area contributed by atoms with E-state index in [1.807, 2.05) is 42.6 Å². The first-order chi connectivity index (χ1) is 13.2. The number of nitrogens with one attached hydrogen (secondary N) is 1. The Morgan fingerprint density at radius 2 is 1.93 bits per heavy atom. The summed E-state index contributed by atoms with van der Waals surface area (Å²) in [6.45, 7) is 2.58. The lowest BCUT2D eigenvalue weighted by atomic mass is 10.0. The second-order valence-electron chi connectivity index (χ2n) is 6.57. The third-order valence-electron chi connectivity index (χ3n) is 4.97. The second-order valence-corrected chi connectivity index (χ2v) is 7.01. The predicted molar refractivity (Wildman–Crippen MR) is 109 cm³/mol. The standard InChI is InChI=1S/C21H22ClN3O2/c1-26-19-11-14-6-7-24-21(17(14)12-20(19)27-2)25-9-8-23-18(13-25)15-4-3-5-16(22)10-15/h3-7,10-12,18,23H,8-9,13H2,1-2H3. The SMILES string of the molecule is COc1cc2ccnc(N3CCNC(c4cccc(Cl)c4)C3)c2cc1OC. The van der Waals surface area contributed by atoms with E-state index in [0.29, 0.717) is 5.75 Å². The molecule has 0 aliphatic carbocycles. The van der Waals surface area contributed by atoms with Crippen LogP contribution in [-0.2, 0) is 0 Å². The molecule has 2 heterocycles. The van der Waals surface area contributed by atoms with Gasteiger partial charge in [-0.1, -0.05) is 23.7 Å². The van der Waals surface area contributed by atoms with Crippen LogP contribution in [0.2, 0.25) is 5.02 Å². The Balaban J connectivity index is 1.71. The van der Waals surface area contributed by atoms with E-state index < -0.39 is 0 Å². The van der Waals surface area contributed by atoms with Crippen LogP contribution in [0.25, 0.3) is 10.8 Å². The quantitative estimate of drug-likeness (QED) is 0.736. The second kappa shape index (κ2) is 7.62. The Hall–Kier alpha value is -2.50. The molecule has 140 valence electrons. The van der Waals surface area contributed by atoms with Crippen LogP contribution in [0.15, 0.2) is 48.7 Å². The van der Waals surface area contributed by atoms with Crippen LogP contribution in [0.5, 0.6) is 11.5 Å². The number of anilines is 1. The van der Waals surface area contributed by atoms with Crippen molar-refractivity contribution in [2.75, 3.05) is 38.8 Å². The number of rotatable bonds is 4. The number of hydrogen-bond acceptors (Lipinski definition) is 5. The van der Waals surface area contributed by atoms with Crippen LogP contribution >= 0.6 is 11.6 Å². The van der Waals surface area contributed by atoms with Gasteiger partial charge in [0.25, 0.3) is 0 Å². The lowest BCUT2D eigenvalue weighted by Gasteiger charge is -2.35. The minimum atomic E-state index is 0.203. The highest BCUT2D eigenvalue weighted by Gasteiger charge is 2.23. The minimum absolute atomic E-state index is 0.203. The molecule has 0 bridgehead atoms. The number of pyridine rings is 1. The van der Waals surface area contributed by atoms with Gasteiger partial charge in [-0.3, -0.25) is 0 Å². The molecule has 1 atom stereocenters. The Kier molecular flexibility index (Phi) is 5.05. The van der Waals surface area contributed by atoms with Crippen molar-refractivity contribution in [1.29, 1.82) is 0 Å². The molecular weight excluding hydrogens is 362 g/mol. The maximum absolute atomic E-state index is 6.18. The third-order valence-corrected chi connectivity index (χ3v) is 5.21. The van der Waals surface area contributed by atoms with Crippen LogP contribution in [-0.4, -0.2) is 38.8 Å². The summed E-state index contributed by atoms with van der Waals surface area (Å²) in [7, 11) is 3.30. The van der Waals surface area contributed by atoms with Gasteiger partial charge >= 0.3 is 0 Å². The molecule has 0 spiro atoms. The lowest BCUT2D eigenvalue weighted by Crippen LogP contribution is -2.46. The van der Waals surface area contributed by atoms with Crippen molar-refractivity contribution < 1.29 is 9.47 Å². The number of ether oxygens (including phenoxy) is 2. The maximum Gasteiger partial charge on any atom is 0.161 e. The van der Waals surface area contributed by atoms with Crippen molar-refractivity contribution in [2.24, 2.45) is 0 Å². The van der Waals surface area contributed by atoms with Gasteiger partial charge < -0.3 is 19.7 Å². The van der Waals surface area contributed by atoms with Crippen molar-refractivity contribution in [3.63, 3.8) is 0 Å². The van der Waals surface area contributed by atoms with Gasteiger partial charge in [-0.25, -0.2) is 4.98 Å². The number of benzene rings is 2. The molecule has 1 aromatic heterocycles. The fourth-order valence-electron chi connectivity index (χ4n) is 3.62. The minimum Gasteiger partial charge on any atom is -0.493 e. The van der Waals surface area contributed by atoms with Crippen molar-refractivity contribution in [3.8, 4) is 11.5 Å². The molecule has 0 amide bonds. The van der Waals surface area contributed by atoms with Gasteiger partial charge in [0.1, 0.15) is 5.82 Å². The summed E-state index contributed by atoms with van der Waals surface area (Å²) < 4.78 is 10.9. The van der Waals surface area contributed by atoms with Crippen molar-refractivity contribution in [3.05, 3.63) is 59.2 Å². The molecule has 1 saturated heterocycles. The van der Waals surface area contributed by atoms with Crippen LogP contribution in [0.4, 0.5) is 5.82 Å². The zero-order valence-electron chi connectivity index (χ0n) is 15.4. The van der Waals surface area contributed by atoms with E-state index in [1.165, 1.54) is 5.56 Å². The summed E-state index contributed by atoms with van der Waals surface area (Å²) in [5.41, 5.74) is 1.19. The molecule has 27 heavy (non-hydrogen) atoms. The average molecular weight is 384 g/mol. The predicted octanol–water partition coefficient (Wildman–Crippen LogP) is 4.06. The highest BCUT2D eigenvalue weighted by atomic mass is 35.5. The van der Waals surface area contributed by atoms with Gasteiger partial charge in [-0.2, -0.15) is 0 Å². The number of fused-ring (bicyclic) bond motifs is 1. The fraction of sp³-hybridized carbons (Fsp3) is 0.286. The molecule has 1 fully saturated rings. The van der Waals surface area contributed by atoms with E-state index in [0.717, 1.165) is 47.0 Å². The van der Waals surface area contributed by atoms with Gasteiger partial charge in [0.15, 0.2) is 11.5 Å². The fourth-order valence-corrected chi connectivity index (χ4v) is 3.82. The molecule has 0 saturated carbocycles. The lowest BCUT2D eigenvalue weighted by molar-refractivity contribution is 0.356. The Morgan fingerprint density at radius 3 is 2.70 bits per heavy atom. The molecule has 1 unspecified atom stereocenters. The molecule has 1 aliphatic heterocycles. The van der Waals surface area contributed by atoms with E-state index in [1.54, 1.807) is 14.2 Å². The first kappa shape index (κ1) is 17.9. The van der Waals surface area contributed by atoms with E-state index >= 15 is 0 Å². The van der Waals surface area contributed by atoms with Crippen LogP contribution in [0.3, 0.4) is 0 Å². The van der Waals surface area contributed by atoms with Crippen molar-refractivity contribution in [1.82, 2.24) is 10.3 Å². The number of methoxy groups -OCH3 is 2. The van der Waals surface area contributed by atoms with E-state index in [-0.39, 0.29) is 6.04 Å². The molecule has 2 aromatic carbocycles. The van der Waals surface area contributed by atoms with E-state index in [9.17, 15) is 0 Å². The van der Waals surface area contributed by atoms with Gasteiger partial charge in [0, 0.05) is 42.3 Å². The van der Waals surface area contributed by atoms with Gasteiger partial charge in [-0.05, 0) is 41.3 Å². The first-order valence-corrected chi connectivity index (χ1v) is 9.32. The normalized spacial score (nSPS) is 17.1. The maximum atomic E-state index is 6.18. The Labute approximate surface area is 163 Å². The molecule has 1 aliphatic rings. The molecule has 3 aromatic rings. The summed E-state index contributed by atoms with van der Waals surface area (Å²) in [6, 6.07) is 14.2. The van der Waals surface area contributed by atoms with Crippen LogP contribution in [0.1, 0.15) is 11.6 Å². The molecule has 0 radical (unpaired) electrons. The third kappa shape index (κ3) is 3.53. The highest BCUT2D eigenvalue weighted by Crippen LogP contribution is 2.36. The summed E-state index contributed by atoms with van der Waals surface area (Å²) in [6.07, 6.45) is 1.85. The molecule has 1 N–H and O–H groups in total. The number of halogens is 1. The molecule has 6 heteroatoms. The number of piperazine rings is 1. The van der Waals surface area contributed by atoms with E-state index in [2.05, 4.69) is 21.3 Å². The summed E-state index contributed by atoms with van der Waals surface area (Å²) in [5.74, 6) is 2.39. The molecule has 5 nitrogen and oxygen atoms in total. The Bertz CT molecular complexity index is 963. The zero-order valence-corrected chi connectivity index (χ0v) is 16.2. The van der Waals surface area contributed by atoms with Crippen LogP contribution in [0, 0.1) is 0 Å². The summed E-state index contributed by atoms with van der Waals surface area (Å²) >= 11 is 6.18. The Morgan fingerprint density at radius 1 is 1.11 bits per heavy atom. The number of hydrogen-bond donors (Lipinski definition) is 1. The van der Waals surface area contributed by atoms with Gasteiger partial charge in [0.05, 0.1) is 14.2 Å². The topological polar surface area (TPSA) is 46.6 Å². The van der Waals surface area contributed by atoms with Crippen molar-refractivity contribution >= 4 is 28.2 Å². The van der Waals surface area contributed by atoms with Gasteiger partial charge in [-0.15, -0.1) is 0 Å². The van der Waals surface area contributed by atoms with Crippen molar-refractivity contribution in [2.45, 2.75) is 6.04 Å². The van der Waals surface area contributed by atoms with Crippen LogP contribution < -0.4 is 19.7 Å². The number of nitrogens with zero attached hydrogens (tertiary/aromatic N) is 2. The monoisotopic (exact) mass is 383 g/mol. The summed E-state index contributed by atoms with van der Waals surface area (Å²) in [5, 5.41) is 6.47. The van der Waals surface area contributed by atoms with Gasteiger partial charge in [0.2, 0.25) is 0 Å². The largest absolute Gasteiger partial charge is 0.493 e. The average Bonchev–Trinajstić information content (AvgIpc) is 2.72. The van der Waals surface area contributed by atoms with E-state index in [4.69, 9.17) is 21.1 Å². The zero-order chi connectivity index (χ0) is 18.8. The highest BCUT2D eigenvalue weighted by molar-refractivity contribution is 6.30. The summed E-state index contributed by atoms with van der Waals surface area (Å²) in [4.78, 5) is 7.00. The molecule has 4 rings (SSSR count). The smallest absolute Gasteiger partial charge is 0.161 e. The first-order valence-electron chi connectivity index (χ1n) is 8.94.